The lowest BCUT2D eigenvalue weighted by Gasteiger charge is -2.24. The van der Waals surface area contributed by atoms with E-state index in [9.17, 15) is 4.79 Å². The summed E-state index contributed by atoms with van der Waals surface area (Å²) in [6, 6.07) is 4.32. The molecule has 0 atom stereocenters. The highest BCUT2D eigenvalue weighted by molar-refractivity contribution is 6.34. The van der Waals surface area contributed by atoms with Crippen molar-refractivity contribution >= 4 is 40.7 Å². The van der Waals surface area contributed by atoms with Gasteiger partial charge in [0.05, 0.1) is 22.1 Å². The fourth-order valence-electron chi connectivity index (χ4n) is 2.38. The molecule has 2 rings (SSSR count). The van der Waals surface area contributed by atoms with Crippen molar-refractivity contribution in [2.75, 3.05) is 23.7 Å². The molecule has 0 unspecified atom stereocenters. The summed E-state index contributed by atoms with van der Waals surface area (Å²) < 4.78 is 19.6. The Morgan fingerprint density at radius 3 is 2.56 bits per heavy atom. The molecule has 9 heteroatoms. The molecule has 3 N–H and O–H groups in total. The van der Waals surface area contributed by atoms with Crippen LogP contribution in [0.3, 0.4) is 0 Å². The van der Waals surface area contributed by atoms with Crippen molar-refractivity contribution in [3.05, 3.63) is 34.1 Å². The molecule has 25 heavy (non-hydrogen) atoms. The number of nitrogens with zero attached hydrogens (tertiary/aromatic N) is 2. The molecule has 0 aliphatic carbocycles. The van der Waals surface area contributed by atoms with Gasteiger partial charge in [0.25, 0.3) is 0 Å². The van der Waals surface area contributed by atoms with Crippen LogP contribution in [-0.4, -0.2) is 29.3 Å². The van der Waals surface area contributed by atoms with Crippen LogP contribution in [0.1, 0.15) is 13.8 Å². The molecular weight excluding hydrogens is 372 g/mol. The van der Waals surface area contributed by atoms with E-state index in [1.807, 2.05) is 13.8 Å². The Labute approximate surface area is 153 Å². The van der Waals surface area contributed by atoms with Crippen LogP contribution in [0.5, 0.6) is 5.88 Å². The molecule has 0 aliphatic heterocycles. The van der Waals surface area contributed by atoms with Crippen molar-refractivity contribution in [2.24, 2.45) is 0 Å². The van der Waals surface area contributed by atoms with Gasteiger partial charge in [-0.15, -0.1) is 0 Å². The number of rotatable bonds is 5. The minimum atomic E-state index is -1.61. The number of carboxylic acid groups (broad SMARTS) is 1. The first kappa shape index (κ1) is 19.1. The van der Waals surface area contributed by atoms with Crippen molar-refractivity contribution in [1.82, 2.24) is 4.98 Å². The first-order valence-electron chi connectivity index (χ1n) is 7.40. The molecule has 0 aliphatic rings. The third kappa shape index (κ3) is 3.88. The highest BCUT2D eigenvalue weighted by Crippen LogP contribution is 2.38. The molecular formula is C16H16Cl2FN3O3. The number of carbonyl (C=O) groups is 1. The highest BCUT2D eigenvalue weighted by atomic mass is 35.5. The number of ether oxygens (including phenoxy) is 1. The highest BCUT2D eigenvalue weighted by Gasteiger charge is 2.21. The van der Waals surface area contributed by atoms with Crippen molar-refractivity contribution < 1.29 is 19.0 Å². The van der Waals surface area contributed by atoms with Crippen LogP contribution in [0.2, 0.25) is 10.0 Å². The van der Waals surface area contributed by atoms with Gasteiger partial charge in [-0.2, -0.15) is 0 Å². The Balaban J connectivity index is 2.65. The maximum absolute atomic E-state index is 15.1. The van der Waals surface area contributed by atoms with Crippen LogP contribution < -0.4 is 15.4 Å². The number of hydrogen-bond donors (Lipinski definition) is 2. The van der Waals surface area contributed by atoms with Crippen molar-refractivity contribution in [3.8, 4) is 17.1 Å². The second-order valence-corrected chi connectivity index (χ2v) is 5.80. The number of benzene rings is 1. The fourth-order valence-corrected chi connectivity index (χ4v) is 2.78. The summed E-state index contributed by atoms with van der Waals surface area (Å²) in [5.74, 6) is -1.00. The normalized spacial score (nSPS) is 10.6. The van der Waals surface area contributed by atoms with Crippen LogP contribution in [0.25, 0.3) is 11.3 Å². The molecule has 0 saturated carbocycles. The lowest BCUT2D eigenvalue weighted by molar-refractivity contribution is 0.142. The van der Waals surface area contributed by atoms with E-state index >= 15 is 4.39 Å². The number of nitrogens with two attached hydrogens (primary N) is 1. The van der Waals surface area contributed by atoms with E-state index in [4.69, 9.17) is 34.0 Å². The molecule has 1 aromatic carbocycles. The zero-order valence-electron chi connectivity index (χ0n) is 13.5. The summed E-state index contributed by atoms with van der Waals surface area (Å²) in [7, 11) is 0. The van der Waals surface area contributed by atoms with Gasteiger partial charge in [-0.1, -0.05) is 23.2 Å². The lowest BCUT2D eigenvalue weighted by Crippen LogP contribution is -2.23. The largest absolute Gasteiger partial charge is 0.512 e. The van der Waals surface area contributed by atoms with Crippen LogP contribution in [0.15, 0.2) is 18.2 Å². The van der Waals surface area contributed by atoms with Crippen LogP contribution >= 0.6 is 23.2 Å². The molecule has 6 nitrogen and oxygen atoms in total. The number of anilines is 2. The van der Waals surface area contributed by atoms with Gasteiger partial charge in [-0.25, -0.2) is 14.2 Å². The SMILES string of the molecule is CCN(CC)c1c(Cl)ccc(-c2cc(N)c(Cl)c(OC(=O)O)n2)c1F. The molecule has 0 fully saturated rings. The van der Waals surface area contributed by atoms with Gasteiger partial charge in [-0.05, 0) is 32.0 Å². The summed E-state index contributed by atoms with van der Waals surface area (Å²) in [5, 5.41) is 8.85. The molecule has 1 aromatic heterocycles. The molecule has 0 amide bonds. The van der Waals surface area contributed by atoms with Gasteiger partial charge < -0.3 is 20.5 Å². The van der Waals surface area contributed by atoms with Gasteiger partial charge >= 0.3 is 6.16 Å². The van der Waals surface area contributed by atoms with Gasteiger partial charge in [0.1, 0.15) is 5.02 Å². The molecule has 0 radical (unpaired) electrons. The predicted molar refractivity (Wildman–Crippen MR) is 96.3 cm³/mol. The zero-order valence-corrected chi connectivity index (χ0v) is 15.0. The summed E-state index contributed by atoms with van der Waals surface area (Å²) in [6.45, 7) is 4.87. The predicted octanol–water partition coefficient (Wildman–Crippen LogP) is 4.68. The Morgan fingerprint density at radius 2 is 2.00 bits per heavy atom. The maximum Gasteiger partial charge on any atom is 0.512 e. The first-order chi connectivity index (χ1) is 11.8. The van der Waals surface area contributed by atoms with Crippen molar-refractivity contribution in [2.45, 2.75) is 13.8 Å². The molecule has 134 valence electrons. The van der Waals surface area contributed by atoms with Crippen molar-refractivity contribution in [1.29, 1.82) is 0 Å². The Bertz CT molecular complexity index is 814. The standard InChI is InChI=1S/C16H16Cl2FN3O3/c1-3-22(4-2)14-9(17)6-5-8(13(14)19)11-7-10(20)12(18)15(21-11)25-16(23)24/h5-7H,3-4H2,1-2H3,(H2,20,21)(H,23,24). The smallest absolute Gasteiger partial charge is 0.449 e. The number of halogens is 3. The third-order valence-corrected chi connectivity index (χ3v) is 4.25. The summed E-state index contributed by atoms with van der Waals surface area (Å²) in [4.78, 5) is 16.5. The van der Waals surface area contributed by atoms with E-state index in [-0.39, 0.29) is 32.7 Å². The van der Waals surface area contributed by atoms with Gasteiger partial charge in [-0.3, -0.25) is 0 Å². The molecule has 1 heterocycles. The Kier molecular flexibility index (Phi) is 5.92. The average Bonchev–Trinajstić information content (AvgIpc) is 2.55. The third-order valence-electron chi connectivity index (χ3n) is 3.56. The van der Waals surface area contributed by atoms with E-state index in [1.165, 1.54) is 18.2 Å². The van der Waals surface area contributed by atoms with E-state index in [0.717, 1.165) is 0 Å². The first-order valence-corrected chi connectivity index (χ1v) is 8.15. The topological polar surface area (TPSA) is 88.7 Å². The van der Waals surface area contributed by atoms with E-state index in [0.29, 0.717) is 13.1 Å². The van der Waals surface area contributed by atoms with Gasteiger partial charge in [0, 0.05) is 18.7 Å². The number of hydrogen-bond acceptors (Lipinski definition) is 5. The molecule has 2 aromatic rings. The second-order valence-electron chi connectivity index (χ2n) is 5.01. The zero-order chi connectivity index (χ0) is 18.7. The number of aromatic nitrogens is 1. The Hall–Kier alpha value is -2.25. The number of pyridine rings is 1. The van der Waals surface area contributed by atoms with Crippen molar-refractivity contribution in [3.63, 3.8) is 0 Å². The minimum Gasteiger partial charge on any atom is -0.449 e. The molecule has 0 bridgehead atoms. The van der Waals surface area contributed by atoms with E-state index in [2.05, 4.69) is 9.72 Å². The summed E-state index contributed by atoms with van der Waals surface area (Å²) in [6.07, 6.45) is -1.61. The quantitative estimate of drug-likeness (QED) is 0.723. The average molecular weight is 388 g/mol. The van der Waals surface area contributed by atoms with Crippen LogP contribution in [0.4, 0.5) is 20.6 Å². The van der Waals surface area contributed by atoms with Gasteiger partial charge in [0.15, 0.2) is 5.82 Å². The lowest BCUT2D eigenvalue weighted by atomic mass is 10.1. The van der Waals surface area contributed by atoms with E-state index < -0.39 is 17.9 Å². The van der Waals surface area contributed by atoms with Crippen LogP contribution in [0, 0.1) is 5.82 Å². The monoisotopic (exact) mass is 387 g/mol. The maximum atomic E-state index is 15.1. The molecule has 0 saturated heterocycles. The van der Waals surface area contributed by atoms with Crippen LogP contribution in [-0.2, 0) is 0 Å². The minimum absolute atomic E-state index is 0.0154. The molecule has 0 spiro atoms. The fraction of sp³-hybridized carbons (Fsp3) is 0.250. The number of nitrogen functional groups attached to an aromatic ring is 1. The Morgan fingerprint density at radius 1 is 1.36 bits per heavy atom. The van der Waals surface area contributed by atoms with E-state index in [1.54, 1.807) is 4.90 Å². The second kappa shape index (κ2) is 7.76. The summed E-state index contributed by atoms with van der Waals surface area (Å²) >= 11 is 12.0. The van der Waals surface area contributed by atoms with Gasteiger partial charge in [0.2, 0.25) is 5.88 Å². The summed E-state index contributed by atoms with van der Waals surface area (Å²) in [5.41, 5.74) is 6.20.